The van der Waals surface area contributed by atoms with Gasteiger partial charge in [-0.15, -0.1) is 0 Å². The molecule has 1 aromatic carbocycles. The van der Waals surface area contributed by atoms with E-state index in [1.165, 1.54) is 17.5 Å². The molecule has 1 aromatic rings. The van der Waals surface area contributed by atoms with Crippen molar-refractivity contribution in [3.63, 3.8) is 0 Å². The van der Waals surface area contributed by atoms with Crippen LogP contribution in [0.15, 0.2) is 29.8 Å². The van der Waals surface area contributed by atoms with Gasteiger partial charge in [-0.3, -0.25) is 4.79 Å². The number of carbonyl (C=O) groups excluding carboxylic acids is 1. The minimum atomic E-state index is -0.0229. The Morgan fingerprint density at radius 3 is 2.94 bits per heavy atom. The van der Waals surface area contributed by atoms with Crippen LogP contribution < -0.4 is 0 Å². The molecule has 2 bridgehead atoms. The van der Waals surface area contributed by atoms with Crippen LogP contribution in [0.2, 0.25) is 0 Å². The van der Waals surface area contributed by atoms with Crippen LogP contribution in [0, 0.1) is 18.3 Å². The first-order valence-corrected chi connectivity index (χ1v) is 7.02. The molecule has 0 heterocycles. The second kappa shape index (κ2) is 3.34. The van der Waals surface area contributed by atoms with Crippen LogP contribution in [-0.2, 0) is 6.42 Å². The molecule has 1 saturated carbocycles. The molecular weight excluding hydrogens is 220 g/mol. The number of aryl methyl sites for hydroxylation is 1. The summed E-state index contributed by atoms with van der Waals surface area (Å²) >= 11 is 0. The van der Waals surface area contributed by atoms with E-state index in [1.54, 1.807) is 5.57 Å². The normalized spacial score (nSPS) is 32.8. The van der Waals surface area contributed by atoms with Gasteiger partial charge in [0.2, 0.25) is 0 Å². The highest BCUT2D eigenvalue weighted by molar-refractivity contribution is 6.04. The van der Waals surface area contributed by atoms with Gasteiger partial charge < -0.3 is 0 Å². The van der Waals surface area contributed by atoms with Crippen LogP contribution in [0.5, 0.6) is 0 Å². The maximum atomic E-state index is 13.0. The topological polar surface area (TPSA) is 17.1 Å². The van der Waals surface area contributed by atoms with Gasteiger partial charge in [-0.2, -0.15) is 0 Å². The monoisotopic (exact) mass is 238 g/mol. The predicted octanol–water partition coefficient (Wildman–Crippen LogP) is 3.85. The van der Waals surface area contributed by atoms with Gasteiger partial charge in [0.15, 0.2) is 5.78 Å². The Hall–Kier alpha value is -1.37. The van der Waals surface area contributed by atoms with Gasteiger partial charge in [0, 0.05) is 11.0 Å². The van der Waals surface area contributed by atoms with E-state index in [-0.39, 0.29) is 5.41 Å². The Kier molecular flexibility index (Phi) is 1.96. The van der Waals surface area contributed by atoms with E-state index in [0.29, 0.717) is 11.7 Å². The van der Waals surface area contributed by atoms with Gasteiger partial charge in [-0.25, -0.2) is 0 Å². The number of hydrogen-bond donors (Lipinski definition) is 0. The zero-order chi connectivity index (χ0) is 12.3. The molecule has 0 N–H and O–H groups in total. The summed E-state index contributed by atoms with van der Waals surface area (Å²) in [5, 5.41) is 0. The fraction of sp³-hybridized carbons (Fsp3) is 0.471. The van der Waals surface area contributed by atoms with Gasteiger partial charge in [-0.1, -0.05) is 29.8 Å². The number of benzene rings is 1. The summed E-state index contributed by atoms with van der Waals surface area (Å²) in [6, 6.07) is 6.22. The van der Waals surface area contributed by atoms with Crippen molar-refractivity contribution in [3.8, 4) is 0 Å². The molecule has 0 amide bonds. The van der Waals surface area contributed by atoms with Crippen molar-refractivity contribution < 1.29 is 4.79 Å². The summed E-state index contributed by atoms with van der Waals surface area (Å²) in [6.07, 6.45) is 7.91. The Morgan fingerprint density at radius 1 is 1.33 bits per heavy atom. The Morgan fingerprint density at radius 2 is 2.22 bits per heavy atom. The Bertz CT molecular complexity index is 581. The second-order valence-corrected chi connectivity index (χ2v) is 6.26. The van der Waals surface area contributed by atoms with Crippen LogP contribution in [0.1, 0.15) is 47.2 Å². The molecular formula is C17H18O. The molecule has 0 saturated heterocycles. The summed E-state index contributed by atoms with van der Waals surface area (Å²) in [5.74, 6) is 1.05. The van der Waals surface area contributed by atoms with Crippen molar-refractivity contribution in [1.29, 1.82) is 0 Å². The zero-order valence-corrected chi connectivity index (χ0v) is 10.8. The standard InChI is InChI=1S/C17H18O/c1-11-3-2-4-15-14(11)7-8-17(16(15)18)10-12-5-6-13(17)9-12/h2-5,13H,6-10H2,1H3. The number of fused-ring (bicyclic) bond motifs is 4. The van der Waals surface area contributed by atoms with Crippen molar-refractivity contribution in [2.75, 3.05) is 0 Å². The van der Waals surface area contributed by atoms with Crippen molar-refractivity contribution in [2.45, 2.75) is 39.0 Å². The number of carbonyl (C=O) groups is 1. The van der Waals surface area contributed by atoms with Crippen molar-refractivity contribution in [3.05, 3.63) is 46.5 Å². The van der Waals surface area contributed by atoms with Crippen LogP contribution >= 0.6 is 0 Å². The van der Waals surface area contributed by atoms with Gasteiger partial charge in [0.1, 0.15) is 0 Å². The quantitative estimate of drug-likeness (QED) is 0.627. The van der Waals surface area contributed by atoms with Crippen LogP contribution in [0.3, 0.4) is 0 Å². The molecule has 2 unspecified atom stereocenters. The maximum Gasteiger partial charge on any atom is 0.169 e. The number of Topliss-reactive ketones (excluding diaryl/α,β-unsaturated/α-hetero) is 1. The molecule has 1 fully saturated rings. The maximum absolute atomic E-state index is 13.0. The highest BCUT2D eigenvalue weighted by Crippen LogP contribution is 2.58. The first kappa shape index (κ1) is 10.5. The fourth-order valence-corrected chi connectivity index (χ4v) is 4.44. The van der Waals surface area contributed by atoms with E-state index >= 15 is 0 Å². The highest BCUT2D eigenvalue weighted by atomic mass is 16.1. The van der Waals surface area contributed by atoms with Crippen molar-refractivity contribution in [2.24, 2.45) is 11.3 Å². The van der Waals surface area contributed by atoms with E-state index < -0.39 is 0 Å². The lowest BCUT2D eigenvalue weighted by Crippen LogP contribution is -2.39. The SMILES string of the molecule is Cc1cccc2c1CCC1(CC3=CCC1C3)C2=O. The van der Waals surface area contributed by atoms with Crippen LogP contribution in [-0.4, -0.2) is 5.78 Å². The first-order chi connectivity index (χ1) is 8.71. The molecule has 0 aromatic heterocycles. The first-order valence-electron chi connectivity index (χ1n) is 7.02. The number of allylic oxidation sites excluding steroid dienone is 2. The second-order valence-electron chi connectivity index (χ2n) is 6.26. The third kappa shape index (κ3) is 1.15. The van der Waals surface area contributed by atoms with E-state index in [0.717, 1.165) is 31.2 Å². The van der Waals surface area contributed by atoms with Crippen molar-refractivity contribution in [1.82, 2.24) is 0 Å². The van der Waals surface area contributed by atoms with Crippen LogP contribution in [0.25, 0.3) is 0 Å². The lowest BCUT2D eigenvalue weighted by molar-refractivity contribution is 0.0670. The molecule has 92 valence electrons. The Labute approximate surface area is 108 Å². The summed E-state index contributed by atoms with van der Waals surface area (Å²) in [7, 11) is 0. The van der Waals surface area contributed by atoms with E-state index in [1.807, 2.05) is 12.1 Å². The van der Waals surface area contributed by atoms with Crippen molar-refractivity contribution >= 4 is 5.78 Å². The molecule has 1 spiro atoms. The molecule has 3 aliphatic carbocycles. The summed E-state index contributed by atoms with van der Waals surface area (Å²) < 4.78 is 0. The average Bonchev–Trinajstić information content (AvgIpc) is 2.96. The third-order valence-electron chi connectivity index (χ3n) is 5.45. The van der Waals surface area contributed by atoms with E-state index in [2.05, 4.69) is 19.1 Å². The zero-order valence-electron chi connectivity index (χ0n) is 10.8. The van der Waals surface area contributed by atoms with Crippen LogP contribution in [0.4, 0.5) is 0 Å². The molecule has 18 heavy (non-hydrogen) atoms. The lowest BCUT2D eigenvalue weighted by Gasteiger charge is -2.39. The third-order valence-corrected chi connectivity index (χ3v) is 5.45. The molecule has 3 aliphatic rings. The molecule has 0 aliphatic heterocycles. The average molecular weight is 238 g/mol. The summed E-state index contributed by atoms with van der Waals surface area (Å²) in [4.78, 5) is 13.0. The van der Waals surface area contributed by atoms with Gasteiger partial charge >= 0.3 is 0 Å². The fourth-order valence-electron chi connectivity index (χ4n) is 4.44. The molecule has 1 heteroatoms. The highest BCUT2D eigenvalue weighted by Gasteiger charge is 2.53. The summed E-state index contributed by atoms with van der Waals surface area (Å²) in [6.45, 7) is 2.13. The van der Waals surface area contributed by atoms with Gasteiger partial charge in [-0.05, 0) is 56.1 Å². The minimum absolute atomic E-state index is 0.0229. The molecule has 4 rings (SSSR count). The number of rotatable bonds is 0. The molecule has 0 radical (unpaired) electrons. The lowest BCUT2D eigenvalue weighted by atomic mass is 9.63. The largest absolute Gasteiger partial charge is 0.294 e. The minimum Gasteiger partial charge on any atom is -0.294 e. The van der Waals surface area contributed by atoms with E-state index in [4.69, 9.17) is 0 Å². The summed E-state index contributed by atoms with van der Waals surface area (Å²) in [5.41, 5.74) is 5.15. The number of hydrogen-bond acceptors (Lipinski definition) is 1. The smallest absolute Gasteiger partial charge is 0.169 e. The molecule has 1 nitrogen and oxygen atoms in total. The Balaban J connectivity index is 1.84. The van der Waals surface area contributed by atoms with E-state index in [9.17, 15) is 4.79 Å². The number of ketones is 1. The molecule has 2 atom stereocenters. The predicted molar refractivity (Wildman–Crippen MR) is 71.7 cm³/mol. The van der Waals surface area contributed by atoms with Gasteiger partial charge in [0.05, 0.1) is 0 Å². The van der Waals surface area contributed by atoms with Gasteiger partial charge in [0.25, 0.3) is 0 Å².